The lowest BCUT2D eigenvalue weighted by Gasteiger charge is -2.19. The van der Waals surface area contributed by atoms with Crippen LogP contribution in [0.4, 0.5) is 5.82 Å². The summed E-state index contributed by atoms with van der Waals surface area (Å²) in [5, 5.41) is 3.37. The molecular formula is C12H20BrN3. The van der Waals surface area contributed by atoms with Crippen molar-refractivity contribution < 1.29 is 0 Å². The highest BCUT2D eigenvalue weighted by Crippen LogP contribution is 2.18. The number of rotatable bonds is 5. The maximum absolute atomic E-state index is 5.74. The second-order valence-corrected chi connectivity index (χ2v) is 5.38. The Balaban J connectivity index is 2.66. The predicted octanol–water partition coefficient (Wildman–Crippen LogP) is 2.94. The van der Waals surface area contributed by atoms with Crippen LogP contribution in [0.5, 0.6) is 0 Å². The Hall–Kier alpha value is -0.610. The Morgan fingerprint density at radius 3 is 2.69 bits per heavy atom. The fourth-order valence-corrected chi connectivity index (χ4v) is 1.83. The highest BCUT2D eigenvalue weighted by Gasteiger charge is 2.09. The number of aromatic nitrogens is 1. The fourth-order valence-electron chi connectivity index (χ4n) is 1.61. The zero-order chi connectivity index (χ0) is 12.1. The number of aryl methyl sites for hydroxylation is 1. The van der Waals surface area contributed by atoms with Crippen LogP contribution in [0.3, 0.4) is 0 Å². The van der Waals surface area contributed by atoms with E-state index in [0.717, 1.165) is 16.7 Å². The molecule has 0 bridgehead atoms. The maximum Gasteiger partial charge on any atom is 0.126 e. The Bertz CT molecular complexity index is 339. The van der Waals surface area contributed by atoms with Crippen LogP contribution in [0.15, 0.2) is 16.7 Å². The van der Waals surface area contributed by atoms with Crippen LogP contribution in [0.25, 0.3) is 0 Å². The van der Waals surface area contributed by atoms with Crippen molar-refractivity contribution in [2.75, 3.05) is 11.9 Å². The lowest BCUT2D eigenvalue weighted by molar-refractivity contribution is 0.521. The minimum absolute atomic E-state index is 0.299. The smallest absolute Gasteiger partial charge is 0.126 e. The lowest BCUT2D eigenvalue weighted by atomic mass is 10.0. The van der Waals surface area contributed by atoms with Gasteiger partial charge in [0.05, 0.1) is 0 Å². The van der Waals surface area contributed by atoms with Crippen molar-refractivity contribution in [3.8, 4) is 0 Å². The Morgan fingerprint density at radius 1 is 1.50 bits per heavy atom. The van der Waals surface area contributed by atoms with E-state index in [9.17, 15) is 0 Å². The van der Waals surface area contributed by atoms with Crippen molar-refractivity contribution in [3.05, 3.63) is 22.3 Å². The van der Waals surface area contributed by atoms with E-state index >= 15 is 0 Å². The van der Waals surface area contributed by atoms with Gasteiger partial charge in [0.25, 0.3) is 0 Å². The van der Waals surface area contributed by atoms with Crippen LogP contribution in [0.1, 0.15) is 25.8 Å². The van der Waals surface area contributed by atoms with Crippen molar-refractivity contribution in [2.45, 2.75) is 33.2 Å². The standard InChI is InChI=1S/C12H20BrN3/c1-8(2)4-10(6-14)16-12-5-9(3)11(13)7-15-12/h5,7-8,10H,4,6,14H2,1-3H3,(H,15,16). The molecule has 1 heterocycles. The molecule has 4 heteroatoms. The summed E-state index contributed by atoms with van der Waals surface area (Å²) in [7, 11) is 0. The minimum atomic E-state index is 0.299. The summed E-state index contributed by atoms with van der Waals surface area (Å²) in [6.45, 7) is 7.08. The average Bonchev–Trinajstić information content (AvgIpc) is 2.22. The molecule has 0 amide bonds. The summed E-state index contributed by atoms with van der Waals surface area (Å²) in [6.07, 6.45) is 2.88. The first-order valence-electron chi connectivity index (χ1n) is 5.61. The lowest BCUT2D eigenvalue weighted by Crippen LogP contribution is -2.30. The van der Waals surface area contributed by atoms with Gasteiger partial charge in [-0.3, -0.25) is 0 Å². The van der Waals surface area contributed by atoms with Gasteiger partial charge in [-0.25, -0.2) is 4.98 Å². The molecule has 0 aliphatic carbocycles. The zero-order valence-electron chi connectivity index (χ0n) is 10.1. The van der Waals surface area contributed by atoms with Gasteiger partial charge in [-0.2, -0.15) is 0 Å². The van der Waals surface area contributed by atoms with Gasteiger partial charge < -0.3 is 11.1 Å². The third-order valence-corrected chi connectivity index (χ3v) is 3.27. The van der Waals surface area contributed by atoms with Crippen molar-refractivity contribution in [3.63, 3.8) is 0 Å². The molecule has 0 fully saturated rings. The first kappa shape index (κ1) is 13.5. The highest BCUT2D eigenvalue weighted by molar-refractivity contribution is 9.10. The van der Waals surface area contributed by atoms with E-state index in [1.807, 2.05) is 12.3 Å². The summed E-state index contributed by atoms with van der Waals surface area (Å²) < 4.78 is 1.03. The number of nitrogens with zero attached hydrogens (tertiary/aromatic N) is 1. The molecule has 3 nitrogen and oxygen atoms in total. The maximum atomic E-state index is 5.74. The molecule has 1 aromatic heterocycles. The normalized spacial score (nSPS) is 12.9. The average molecular weight is 286 g/mol. The number of pyridine rings is 1. The monoisotopic (exact) mass is 285 g/mol. The number of hydrogen-bond acceptors (Lipinski definition) is 3. The Labute approximate surface area is 106 Å². The second-order valence-electron chi connectivity index (χ2n) is 4.53. The molecule has 1 unspecified atom stereocenters. The van der Waals surface area contributed by atoms with Crippen molar-refractivity contribution in [1.82, 2.24) is 4.98 Å². The molecule has 0 spiro atoms. The fraction of sp³-hybridized carbons (Fsp3) is 0.583. The third-order valence-electron chi connectivity index (χ3n) is 2.44. The summed E-state index contributed by atoms with van der Waals surface area (Å²) >= 11 is 3.44. The number of halogens is 1. The van der Waals surface area contributed by atoms with Crippen molar-refractivity contribution >= 4 is 21.7 Å². The first-order chi connectivity index (χ1) is 7.52. The van der Waals surface area contributed by atoms with Crippen LogP contribution < -0.4 is 11.1 Å². The van der Waals surface area contributed by atoms with E-state index in [4.69, 9.17) is 5.73 Å². The van der Waals surface area contributed by atoms with Gasteiger partial charge in [0.2, 0.25) is 0 Å². The number of nitrogens with one attached hydrogen (secondary N) is 1. The molecule has 1 rings (SSSR count). The van der Waals surface area contributed by atoms with Crippen LogP contribution >= 0.6 is 15.9 Å². The topological polar surface area (TPSA) is 50.9 Å². The van der Waals surface area contributed by atoms with Crippen LogP contribution in [-0.2, 0) is 0 Å². The highest BCUT2D eigenvalue weighted by atomic mass is 79.9. The first-order valence-corrected chi connectivity index (χ1v) is 6.41. The second kappa shape index (κ2) is 6.21. The van der Waals surface area contributed by atoms with Gasteiger partial charge in [0, 0.05) is 23.3 Å². The molecule has 0 aliphatic heterocycles. The van der Waals surface area contributed by atoms with E-state index in [-0.39, 0.29) is 0 Å². The SMILES string of the molecule is Cc1cc(NC(CN)CC(C)C)ncc1Br. The zero-order valence-corrected chi connectivity index (χ0v) is 11.7. The molecule has 90 valence electrons. The predicted molar refractivity (Wildman–Crippen MR) is 72.6 cm³/mol. The summed E-state index contributed by atoms with van der Waals surface area (Å²) in [4.78, 5) is 4.32. The molecule has 1 atom stereocenters. The molecular weight excluding hydrogens is 266 g/mol. The van der Waals surface area contributed by atoms with E-state index in [2.05, 4.69) is 47.0 Å². The molecule has 0 radical (unpaired) electrons. The van der Waals surface area contributed by atoms with Gasteiger partial charge in [-0.15, -0.1) is 0 Å². The van der Waals surface area contributed by atoms with Crippen LogP contribution in [0.2, 0.25) is 0 Å². The van der Waals surface area contributed by atoms with Gasteiger partial charge in [-0.05, 0) is 46.8 Å². The van der Waals surface area contributed by atoms with E-state index in [1.54, 1.807) is 0 Å². The molecule has 16 heavy (non-hydrogen) atoms. The largest absolute Gasteiger partial charge is 0.366 e. The van der Waals surface area contributed by atoms with E-state index < -0.39 is 0 Å². The molecule has 0 saturated carbocycles. The molecule has 0 saturated heterocycles. The summed E-state index contributed by atoms with van der Waals surface area (Å²) in [6, 6.07) is 2.33. The molecule has 0 aliphatic rings. The van der Waals surface area contributed by atoms with Crippen molar-refractivity contribution in [1.29, 1.82) is 0 Å². The van der Waals surface area contributed by atoms with Gasteiger partial charge in [0.15, 0.2) is 0 Å². The quantitative estimate of drug-likeness (QED) is 0.875. The number of anilines is 1. The Morgan fingerprint density at radius 2 is 2.19 bits per heavy atom. The Kier molecular flexibility index (Phi) is 5.22. The van der Waals surface area contributed by atoms with Crippen LogP contribution in [-0.4, -0.2) is 17.6 Å². The van der Waals surface area contributed by atoms with E-state index in [1.165, 1.54) is 5.56 Å². The summed E-state index contributed by atoms with van der Waals surface area (Å²) in [5.41, 5.74) is 6.92. The molecule has 0 aromatic carbocycles. The summed E-state index contributed by atoms with van der Waals surface area (Å²) in [5.74, 6) is 1.54. The molecule has 3 N–H and O–H groups in total. The molecule has 1 aromatic rings. The van der Waals surface area contributed by atoms with Gasteiger partial charge in [-0.1, -0.05) is 13.8 Å². The van der Waals surface area contributed by atoms with E-state index in [0.29, 0.717) is 18.5 Å². The number of hydrogen-bond donors (Lipinski definition) is 2. The third kappa shape index (κ3) is 4.10. The van der Waals surface area contributed by atoms with Crippen LogP contribution in [0, 0.1) is 12.8 Å². The number of nitrogens with two attached hydrogens (primary N) is 1. The minimum Gasteiger partial charge on any atom is -0.366 e. The van der Waals surface area contributed by atoms with Gasteiger partial charge >= 0.3 is 0 Å². The van der Waals surface area contributed by atoms with Gasteiger partial charge in [0.1, 0.15) is 5.82 Å². The van der Waals surface area contributed by atoms with Crippen molar-refractivity contribution in [2.24, 2.45) is 11.7 Å².